The minimum absolute atomic E-state index is 0.0372. The van der Waals surface area contributed by atoms with Crippen LogP contribution < -0.4 is 0 Å². The zero-order chi connectivity index (χ0) is 20.0. The van der Waals surface area contributed by atoms with Gasteiger partial charge in [0.2, 0.25) is 0 Å². The van der Waals surface area contributed by atoms with E-state index < -0.39 is 0 Å². The summed E-state index contributed by atoms with van der Waals surface area (Å²) < 4.78 is 0. The highest BCUT2D eigenvalue weighted by Gasteiger charge is 2.43. The molecule has 2 nitrogen and oxygen atoms in total. The van der Waals surface area contributed by atoms with Crippen molar-refractivity contribution in [1.82, 2.24) is 9.88 Å². The van der Waals surface area contributed by atoms with Crippen molar-refractivity contribution in [3.05, 3.63) is 30.1 Å². The average molecular weight is 403 g/mol. The third kappa shape index (κ3) is 6.02. The fourth-order valence-corrected chi connectivity index (χ4v) is 10.5. The minimum atomic E-state index is 0.0372. The van der Waals surface area contributed by atoms with E-state index in [-0.39, 0.29) is 7.92 Å². The van der Waals surface area contributed by atoms with E-state index in [9.17, 15) is 0 Å². The fraction of sp³-hybridized carbons (Fsp3) is 0.800. The monoisotopic (exact) mass is 402 g/mol. The van der Waals surface area contributed by atoms with Crippen molar-refractivity contribution in [3.63, 3.8) is 0 Å². The van der Waals surface area contributed by atoms with Crippen molar-refractivity contribution in [2.24, 2.45) is 5.41 Å². The van der Waals surface area contributed by atoms with Gasteiger partial charge >= 0.3 is 0 Å². The maximum Gasteiger partial charge on any atom is 0.0416 e. The summed E-state index contributed by atoms with van der Waals surface area (Å²) >= 11 is 0. The van der Waals surface area contributed by atoms with Gasteiger partial charge in [-0.15, -0.1) is 0 Å². The molecule has 1 atom stereocenters. The van der Waals surface area contributed by atoms with Crippen LogP contribution in [0.25, 0.3) is 0 Å². The molecule has 0 N–H and O–H groups in total. The number of hydrogen-bond acceptors (Lipinski definition) is 2. The van der Waals surface area contributed by atoms with Gasteiger partial charge in [-0.1, -0.05) is 73.3 Å². The lowest BCUT2D eigenvalue weighted by Gasteiger charge is -2.51. The van der Waals surface area contributed by atoms with Crippen molar-refractivity contribution < 1.29 is 0 Å². The molecule has 0 spiro atoms. The summed E-state index contributed by atoms with van der Waals surface area (Å²) in [6, 6.07) is 6.34. The van der Waals surface area contributed by atoms with E-state index in [4.69, 9.17) is 0 Å². The summed E-state index contributed by atoms with van der Waals surface area (Å²) in [6.07, 6.45) is 17.9. The average Bonchev–Trinajstić information content (AvgIpc) is 2.71. The van der Waals surface area contributed by atoms with Gasteiger partial charge in [-0.05, 0) is 61.6 Å². The lowest BCUT2D eigenvalue weighted by Crippen LogP contribution is -2.45. The first kappa shape index (κ1) is 22.2. The number of hydrogen-bond donors (Lipinski definition) is 0. The Bertz CT molecular complexity index is 538. The molecular formula is C25H43N2P. The second kappa shape index (κ2) is 10.5. The van der Waals surface area contributed by atoms with Crippen molar-refractivity contribution >= 4 is 7.92 Å². The van der Waals surface area contributed by atoms with Crippen molar-refractivity contribution in [2.45, 2.75) is 109 Å². The molecule has 2 fully saturated rings. The van der Waals surface area contributed by atoms with Gasteiger partial charge in [0.1, 0.15) is 0 Å². The molecule has 1 heterocycles. The summed E-state index contributed by atoms with van der Waals surface area (Å²) in [5.74, 6) is 0.734. The lowest BCUT2D eigenvalue weighted by molar-refractivity contribution is 0.190. The molecular weight excluding hydrogens is 359 g/mol. The smallest absolute Gasteiger partial charge is 0.0416 e. The van der Waals surface area contributed by atoms with E-state index >= 15 is 0 Å². The van der Waals surface area contributed by atoms with Gasteiger partial charge in [0.15, 0.2) is 0 Å². The second-order valence-corrected chi connectivity index (χ2v) is 13.2. The SMILES string of the molecule is CN(CCc1ccccn1)C(P(C1CCCCC1)C1CCCCC1)C(C)(C)C. The first-order chi connectivity index (χ1) is 13.5. The van der Waals surface area contributed by atoms with Gasteiger partial charge in [0.25, 0.3) is 0 Å². The fourth-order valence-electron chi connectivity index (χ4n) is 5.75. The molecule has 3 rings (SSSR count). The maximum absolute atomic E-state index is 4.58. The van der Waals surface area contributed by atoms with E-state index in [1.54, 1.807) is 0 Å². The quantitative estimate of drug-likeness (QED) is 0.453. The Morgan fingerprint density at radius 1 is 0.964 bits per heavy atom. The van der Waals surface area contributed by atoms with E-state index in [1.165, 1.54) is 69.9 Å². The highest BCUT2D eigenvalue weighted by Crippen LogP contribution is 2.63. The molecule has 0 bridgehead atoms. The van der Waals surface area contributed by atoms with Crippen molar-refractivity contribution in [3.8, 4) is 0 Å². The third-order valence-electron chi connectivity index (χ3n) is 6.91. The molecule has 1 aromatic rings. The second-order valence-electron chi connectivity index (χ2n) is 10.3. The van der Waals surface area contributed by atoms with E-state index in [2.05, 4.69) is 49.8 Å². The first-order valence-electron chi connectivity index (χ1n) is 11.8. The molecule has 1 unspecified atom stereocenters. The summed E-state index contributed by atoms with van der Waals surface area (Å²) in [5, 5.41) is 0. The van der Waals surface area contributed by atoms with Crippen LogP contribution in [0.5, 0.6) is 0 Å². The Kier molecular flexibility index (Phi) is 8.36. The van der Waals surface area contributed by atoms with Crippen LogP contribution in [0.1, 0.15) is 90.7 Å². The number of pyridine rings is 1. The van der Waals surface area contributed by atoms with E-state index in [0.29, 0.717) is 5.41 Å². The minimum Gasteiger partial charge on any atom is -0.299 e. The molecule has 2 aliphatic carbocycles. The predicted octanol–water partition coefficient (Wildman–Crippen LogP) is 7.08. The highest BCUT2D eigenvalue weighted by molar-refractivity contribution is 7.59. The van der Waals surface area contributed by atoms with Crippen LogP contribution in [-0.4, -0.2) is 40.6 Å². The predicted molar refractivity (Wildman–Crippen MR) is 124 cm³/mol. The van der Waals surface area contributed by atoms with Gasteiger partial charge in [-0.2, -0.15) is 0 Å². The van der Waals surface area contributed by atoms with Gasteiger partial charge in [-0.3, -0.25) is 9.88 Å². The Balaban J connectivity index is 1.79. The molecule has 28 heavy (non-hydrogen) atoms. The van der Waals surface area contributed by atoms with Crippen LogP contribution in [0.3, 0.4) is 0 Å². The van der Waals surface area contributed by atoms with Gasteiger partial charge in [-0.25, -0.2) is 0 Å². The Hall–Kier alpha value is -0.460. The van der Waals surface area contributed by atoms with Gasteiger partial charge in [0.05, 0.1) is 0 Å². The zero-order valence-corrected chi connectivity index (χ0v) is 19.8. The number of rotatable bonds is 7. The van der Waals surface area contributed by atoms with Gasteiger partial charge in [0, 0.05) is 30.6 Å². The van der Waals surface area contributed by atoms with Crippen molar-refractivity contribution in [1.29, 1.82) is 0 Å². The summed E-state index contributed by atoms with van der Waals surface area (Å²) in [6.45, 7) is 8.67. The number of likely N-dealkylation sites (N-methyl/N-ethyl adjacent to an activating group) is 1. The van der Waals surface area contributed by atoms with E-state index in [1.807, 2.05) is 12.3 Å². The molecule has 0 radical (unpaired) electrons. The Morgan fingerprint density at radius 3 is 2.00 bits per heavy atom. The van der Waals surface area contributed by atoms with Crippen LogP contribution in [0.15, 0.2) is 24.4 Å². The molecule has 1 aromatic heterocycles. The Labute approximate surface area is 175 Å². The normalized spacial score (nSPS) is 21.4. The molecule has 3 heteroatoms. The summed E-state index contributed by atoms with van der Waals surface area (Å²) in [5.41, 5.74) is 3.60. The van der Waals surface area contributed by atoms with Crippen LogP contribution in [0.4, 0.5) is 0 Å². The Morgan fingerprint density at radius 2 is 1.54 bits per heavy atom. The van der Waals surface area contributed by atoms with Crippen LogP contribution in [0, 0.1) is 5.41 Å². The summed E-state index contributed by atoms with van der Waals surface area (Å²) in [4.78, 5) is 7.33. The molecule has 2 aliphatic rings. The molecule has 0 amide bonds. The molecule has 0 saturated heterocycles. The van der Waals surface area contributed by atoms with Crippen LogP contribution >= 0.6 is 7.92 Å². The van der Waals surface area contributed by atoms with E-state index in [0.717, 1.165) is 30.1 Å². The standard InChI is InChI=1S/C25H43N2P/c1-25(2,3)24(27(4)20-18-21-13-11-12-19-26-21)28(22-14-7-5-8-15-22)23-16-9-6-10-17-23/h11-13,19,22-24H,5-10,14-18,20H2,1-4H3. The molecule has 158 valence electrons. The largest absolute Gasteiger partial charge is 0.299 e. The topological polar surface area (TPSA) is 16.1 Å². The lowest BCUT2D eigenvalue weighted by atomic mass is 9.95. The maximum atomic E-state index is 4.58. The number of nitrogens with zero attached hydrogens (tertiary/aromatic N) is 2. The molecule has 2 saturated carbocycles. The number of aromatic nitrogens is 1. The summed E-state index contributed by atoms with van der Waals surface area (Å²) in [7, 11) is 2.45. The zero-order valence-electron chi connectivity index (χ0n) is 18.9. The van der Waals surface area contributed by atoms with Crippen LogP contribution in [-0.2, 0) is 6.42 Å². The van der Waals surface area contributed by atoms with Crippen LogP contribution in [0.2, 0.25) is 0 Å². The van der Waals surface area contributed by atoms with Crippen molar-refractivity contribution in [2.75, 3.05) is 13.6 Å². The van der Waals surface area contributed by atoms with Gasteiger partial charge < -0.3 is 0 Å². The first-order valence-corrected chi connectivity index (χ1v) is 13.4. The third-order valence-corrected chi connectivity index (χ3v) is 11.4. The molecule has 0 aliphatic heterocycles. The molecule has 0 aromatic carbocycles. The highest BCUT2D eigenvalue weighted by atomic mass is 31.1.